The van der Waals surface area contributed by atoms with Crippen molar-refractivity contribution in [1.29, 1.82) is 0 Å². The van der Waals surface area contributed by atoms with E-state index in [1.54, 1.807) is 0 Å². The van der Waals surface area contributed by atoms with Gasteiger partial charge in [-0.15, -0.1) is 8.78 Å². The van der Waals surface area contributed by atoms with Gasteiger partial charge in [-0.3, -0.25) is 5.32 Å². The van der Waals surface area contributed by atoms with Crippen LogP contribution in [0.5, 0.6) is 0 Å². The van der Waals surface area contributed by atoms with Crippen molar-refractivity contribution in [3.8, 4) is 11.1 Å². The summed E-state index contributed by atoms with van der Waals surface area (Å²) in [6, 6.07) is -4.66. The number of allylic oxidation sites excluding steroid dienone is 4. The van der Waals surface area contributed by atoms with Gasteiger partial charge in [0, 0.05) is 5.56 Å². The van der Waals surface area contributed by atoms with Crippen molar-refractivity contribution in [2.24, 2.45) is 5.92 Å². The number of rotatable bonds is 13. The van der Waals surface area contributed by atoms with E-state index in [0.29, 0.717) is 13.3 Å². The highest BCUT2D eigenvalue weighted by atomic mass is 27.2. The van der Waals surface area contributed by atoms with E-state index >= 15 is 87.8 Å². The smallest absolute Gasteiger partial charge is 0.277 e. The zero-order valence-corrected chi connectivity index (χ0v) is 51.1. The fourth-order valence-electron chi connectivity index (χ4n) is 13.3. The SMILES string of the molecule is CCCCC(CC)CC[NH2+]C(F)(F)C(F)(F)F.Cc1c(F)c(F)c(F)c(C(F)(F)F)c1-c1c(F)c(F)c(F)c(F)c1F.FC1=C(F)[CH]([Al-]([CH]2C(F)=C(F)c3c(F)c(F)c(F)c(F)c32)([CH]2C(F)=C(F)c3c(F)c(F)c(F)c(F)c32)[CH]2C(F)=C(F)c3c(F)c(F)c(F)c(F)c32)c2c(F)c(F)c(F)c(F)c21. The molecule has 103 heavy (non-hydrogen) atoms. The molecule has 5 unspecified atom stereocenters. The molecule has 0 saturated carbocycles. The van der Waals surface area contributed by atoms with Gasteiger partial charge in [-0.2, -0.15) is 26.3 Å². The Hall–Kier alpha value is -8.03. The first-order valence-electron chi connectivity index (χ1n) is 28.3. The molecule has 6 aromatic carbocycles. The lowest BCUT2D eigenvalue weighted by molar-refractivity contribution is -0.811. The third kappa shape index (κ3) is 12.1. The van der Waals surface area contributed by atoms with Crippen LogP contribution in [0.3, 0.4) is 0 Å². The average molecular weight is 1560 g/mol. The van der Waals surface area contributed by atoms with Crippen molar-refractivity contribution >= 4 is 36.4 Å². The lowest BCUT2D eigenvalue weighted by atomic mass is 9.92. The topological polar surface area (TPSA) is 16.6 Å². The summed E-state index contributed by atoms with van der Waals surface area (Å²) in [7, 11) is 0. The molecule has 0 heterocycles. The molecule has 0 aromatic heterocycles. The van der Waals surface area contributed by atoms with Gasteiger partial charge in [-0.25, -0.2) is 140 Å². The van der Waals surface area contributed by atoms with Gasteiger partial charge in [-0.1, -0.05) is 58.7 Å². The number of nitrogens with two attached hydrogens (primary N) is 1. The summed E-state index contributed by atoms with van der Waals surface area (Å²) in [5.74, 6) is -98.5. The molecule has 0 spiro atoms. The quantitative estimate of drug-likeness (QED) is 0.0390. The van der Waals surface area contributed by atoms with Crippen molar-refractivity contribution in [2.45, 2.75) is 90.4 Å². The summed E-state index contributed by atoms with van der Waals surface area (Å²) in [5.41, 5.74) is -30.1. The van der Waals surface area contributed by atoms with Crippen LogP contribution in [-0.4, -0.2) is 31.8 Å². The van der Waals surface area contributed by atoms with Crippen LogP contribution in [0, 0.1) is 152 Å². The first-order chi connectivity index (χ1) is 47.4. The Kier molecular flexibility index (Phi) is 22.0. The van der Waals surface area contributed by atoms with Gasteiger partial charge >= 0.3 is 18.4 Å². The summed E-state index contributed by atoms with van der Waals surface area (Å²) >= 11 is -8.89. The van der Waals surface area contributed by atoms with Crippen molar-refractivity contribution in [3.63, 3.8) is 0 Å². The summed E-state index contributed by atoms with van der Waals surface area (Å²) in [6.45, 7) is 4.13. The summed E-state index contributed by atoms with van der Waals surface area (Å²) < 4.78 is 566. The molecule has 560 valence electrons. The number of halogens is 40. The number of hydrogen-bond donors (Lipinski definition) is 1. The molecule has 0 fully saturated rings. The second-order valence-corrected chi connectivity index (χ2v) is 27.9. The van der Waals surface area contributed by atoms with Gasteiger partial charge in [0.1, 0.15) is 28.9 Å². The lowest BCUT2D eigenvalue weighted by Gasteiger charge is -2.54. The minimum Gasteiger partial charge on any atom is -0.277 e. The molecule has 0 aliphatic heterocycles. The molecule has 4 aliphatic carbocycles. The Morgan fingerprint density at radius 3 is 0.816 bits per heavy atom. The highest BCUT2D eigenvalue weighted by molar-refractivity contribution is 6.88. The maximum Gasteiger partial charge on any atom is 0.514 e. The normalized spacial score (nSPS) is 18.2. The van der Waals surface area contributed by atoms with E-state index < -0.39 is 304 Å². The van der Waals surface area contributed by atoms with Gasteiger partial charge < -0.3 is 0 Å². The van der Waals surface area contributed by atoms with Gasteiger partial charge in [0.05, 0.1) is 34.4 Å². The number of quaternary nitrogens is 1. The minimum atomic E-state index is -8.89. The molecule has 10 rings (SSSR count). The predicted octanol–water partition coefficient (Wildman–Crippen LogP) is 22.5. The summed E-state index contributed by atoms with van der Waals surface area (Å²) in [5, 5.41) is 0.0988. The molecule has 0 saturated heterocycles. The van der Waals surface area contributed by atoms with E-state index in [0.717, 1.165) is 25.7 Å². The predicted molar refractivity (Wildman–Crippen MR) is 275 cm³/mol. The fourth-order valence-corrected chi connectivity index (χ4v) is 21.8. The van der Waals surface area contributed by atoms with Crippen LogP contribution in [0.25, 0.3) is 34.4 Å². The van der Waals surface area contributed by atoms with E-state index in [1.807, 2.05) is 13.8 Å². The second-order valence-electron chi connectivity index (χ2n) is 23.0. The van der Waals surface area contributed by atoms with Crippen molar-refractivity contribution < 1.29 is 181 Å². The van der Waals surface area contributed by atoms with E-state index in [9.17, 15) is 87.8 Å². The van der Waals surface area contributed by atoms with Crippen molar-refractivity contribution in [3.05, 3.63) is 219 Å². The average Bonchev–Trinajstić information content (AvgIpc) is 1.51. The highest BCUT2D eigenvalue weighted by Crippen LogP contribution is 2.72. The second kappa shape index (κ2) is 28.1. The molecule has 0 bridgehead atoms. The van der Waals surface area contributed by atoms with Crippen LogP contribution in [0.1, 0.15) is 121 Å². The Bertz CT molecular complexity index is 4290. The Morgan fingerprint density at radius 2 is 0.563 bits per heavy atom. The zero-order chi connectivity index (χ0) is 78.2. The van der Waals surface area contributed by atoms with Gasteiger partial charge in [0.2, 0.25) is 18.9 Å². The molecule has 6 aromatic rings. The maximum atomic E-state index is 17.0. The number of benzene rings is 6. The van der Waals surface area contributed by atoms with Crippen LogP contribution < -0.4 is 5.32 Å². The monoisotopic (exact) mass is 1560 g/mol. The Morgan fingerprint density at radius 1 is 0.311 bits per heavy atom. The Balaban J connectivity index is 0.000000261. The first kappa shape index (κ1) is 80.7. The Labute approximate surface area is 548 Å². The number of fused-ring (bicyclic) bond motifs is 4. The molecule has 0 amide bonds. The third-order valence-corrected chi connectivity index (χ3v) is 24.9. The standard InChI is InChI=1S/C14H3F11.C11H20F5N.4C9HF6.Al/c1-2-3(4-7(16)11(20)13(22)12(21)8(4)17)5(14(23,24)25)9(18)10(19)6(2)15;1-3-5-6-9(4-2)7-8-17-11(15,16)10(12,13)14;4*10-3-1-2-4(6(3)12)7(13)9(15)8(14)5(2)11;/h1H3;9,17H,3-8H2,1-2H3;4*1H;/q;;;;;;-1/p+1. The van der Waals surface area contributed by atoms with Crippen LogP contribution in [0.15, 0.2) is 23.3 Å². The highest BCUT2D eigenvalue weighted by Gasteiger charge is 2.70. The van der Waals surface area contributed by atoms with Crippen LogP contribution in [-0.2, 0) is 6.18 Å². The molecular formula is C61H28AlF40N. The molecule has 1 nitrogen and oxygen atoms in total. The van der Waals surface area contributed by atoms with Gasteiger partial charge in [0.25, 0.3) is 0 Å². The first-order valence-corrected chi connectivity index (χ1v) is 31.0. The number of hydrogen-bond acceptors (Lipinski definition) is 0. The van der Waals surface area contributed by atoms with E-state index in [4.69, 9.17) is 0 Å². The van der Waals surface area contributed by atoms with Gasteiger partial charge in [-0.05, 0) is 47.1 Å². The third-order valence-electron chi connectivity index (χ3n) is 17.8. The number of alkyl halides is 8. The lowest BCUT2D eigenvalue weighted by Crippen LogP contribution is -2.97. The molecule has 2 N–H and O–H groups in total. The minimum absolute atomic E-state index is 0.0988. The maximum absolute atomic E-state index is 17.0. The zero-order valence-electron chi connectivity index (χ0n) is 49.9. The molecular weight excluding hydrogens is 1530 g/mol. The van der Waals surface area contributed by atoms with Crippen LogP contribution in [0.2, 0.25) is 0 Å². The van der Waals surface area contributed by atoms with Gasteiger partial charge in [0.15, 0.2) is 157 Å². The van der Waals surface area contributed by atoms with E-state index in [-0.39, 0.29) is 17.8 Å². The summed E-state index contributed by atoms with van der Waals surface area (Å²) in [6.07, 6.45) is -7.16. The largest absolute Gasteiger partial charge is 0.514 e. The fraction of sp³-hybridized carbons (Fsp3) is 0.279. The van der Waals surface area contributed by atoms with E-state index in [2.05, 4.69) is 0 Å². The molecule has 5 atom stereocenters. The van der Waals surface area contributed by atoms with E-state index in [1.165, 1.54) is 0 Å². The van der Waals surface area contributed by atoms with Crippen LogP contribution in [0.4, 0.5) is 176 Å². The number of unbranched alkanes of at least 4 members (excludes halogenated alkanes) is 1. The van der Waals surface area contributed by atoms with Crippen molar-refractivity contribution in [1.82, 2.24) is 0 Å². The van der Waals surface area contributed by atoms with Crippen molar-refractivity contribution in [2.75, 3.05) is 6.54 Å². The molecule has 42 heteroatoms. The molecule has 4 aliphatic rings. The van der Waals surface area contributed by atoms with Crippen LogP contribution >= 0.6 is 0 Å². The molecule has 0 radical (unpaired) electrons. The summed E-state index contributed by atoms with van der Waals surface area (Å²) in [4.78, 5) is 0.